The van der Waals surface area contributed by atoms with Crippen molar-refractivity contribution in [3.05, 3.63) is 17.7 Å². The molecule has 0 fully saturated rings. The lowest BCUT2D eigenvalue weighted by Gasteiger charge is -2.34. The van der Waals surface area contributed by atoms with Crippen molar-refractivity contribution >= 4 is 5.91 Å². The van der Waals surface area contributed by atoms with Gasteiger partial charge in [-0.15, -0.1) is 10.2 Å². The van der Waals surface area contributed by atoms with Crippen LogP contribution in [0.1, 0.15) is 51.7 Å². The molecule has 24 heavy (non-hydrogen) atoms. The van der Waals surface area contributed by atoms with Gasteiger partial charge in [-0.25, -0.2) is 0 Å². The number of aromatic nitrogens is 5. The van der Waals surface area contributed by atoms with Crippen LogP contribution in [0.2, 0.25) is 0 Å². The largest absolute Gasteiger partial charge is 0.334 e. The number of hydrogen-bond donors (Lipinski definition) is 0. The summed E-state index contributed by atoms with van der Waals surface area (Å²) in [5.74, 6) is 2.20. The zero-order valence-electron chi connectivity index (χ0n) is 15.2. The van der Waals surface area contributed by atoms with Crippen molar-refractivity contribution in [3.63, 3.8) is 0 Å². The maximum Gasteiger partial charge on any atom is 0.246 e. The Morgan fingerprint density at radius 2 is 2.00 bits per heavy atom. The summed E-state index contributed by atoms with van der Waals surface area (Å²) < 4.78 is 3.94. The SMILES string of the molecule is CCN1Cc2nnc(-c3cn(CC)nc3C)n2[C@@H](CC(C)C)C1=O. The van der Waals surface area contributed by atoms with Gasteiger partial charge < -0.3 is 4.90 Å². The van der Waals surface area contributed by atoms with Crippen LogP contribution in [-0.4, -0.2) is 41.9 Å². The third-order valence-corrected chi connectivity index (χ3v) is 4.59. The number of fused-ring (bicyclic) bond motifs is 1. The number of rotatable bonds is 5. The quantitative estimate of drug-likeness (QED) is 0.844. The summed E-state index contributed by atoms with van der Waals surface area (Å²) in [5.41, 5.74) is 1.88. The molecule has 2 aromatic rings. The third-order valence-electron chi connectivity index (χ3n) is 4.59. The maximum atomic E-state index is 12.9. The Balaban J connectivity index is 2.11. The predicted octanol–water partition coefficient (Wildman–Crippen LogP) is 2.42. The number of aryl methyl sites for hydroxylation is 2. The van der Waals surface area contributed by atoms with Crippen LogP contribution >= 0.6 is 0 Å². The van der Waals surface area contributed by atoms with Crippen LogP contribution < -0.4 is 0 Å². The van der Waals surface area contributed by atoms with Crippen LogP contribution in [0, 0.1) is 12.8 Å². The molecule has 3 rings (SSSR count). The first-order chi connectivity index (χ1) is 11.5. The molecule has 130 valence electrons. The predicted molar refractivity (Wildman–Crippen MR) is 91.2 cm³/mol. The standard InChI is InChI=1S/C17H26N6O/c1-6-21-10-15-18-19-16(13-9-22(7-2)20-12(13)5)23(15)14(17(21)24)8-11(3)4/h9,11,14H,6-8,10H2,1-5H3/t14-/m0/s1. The number of likely N-dealkylation sites (N-methyl/N-ethyl adjacent to an activating group) is 1. The van der Waals surface area contributed by atoms with Gasteiger partial charge in [-0.1, -0.05) is 13.8 Å². The molecule has 0 aliphatic carbocycles. The number of carbonyl (C=O) groups excluding carboxylic acids is 1. The lowest BCUT2D eigenvalue weighted by Crippen LogP contribution is -2.43. The Labute approximate surface area is 142 Å². The normalized spacial score (nSPS) is 17.7. The molecular weight excluding hydrogens is 304 g/mol. The van der Waals surface area contributed by atoms with Crippen molar-refractivity contribution in [1.82, 2.24) is 29.4 Å². The molecule has 3 heterocycles. The van der Waals surface area contributed by atoms with Crippen molar-refractivity contribution in [2.24, 2.45) is 5.92 Å². The summed E-state index contributed by atoms with van der Waals surface area (Å²) in [5, 5.41) is 13.3. The van der Waals surface area contributed by atoms with E-state index in [0.717, 1.165) is 35.9 Å². The summed E-state index contributed by atoms with van der Waals surface area (Å²) in [7, 11) is 0. The Bertz CT molecular complexity index is 744. The fourth-order valence-electron chi connectivity index (χ4n) is 3.33. The van der Waals surface area contributed by atoms with Gasteiger partial charge in [-0.3, -0.25) is 14.0 Å². The van der Waals surface area contributed by atoms with Gasteiger partial charge in [-0.05, 0) is 33.1 Å². The van der Waals surface area contributed by atoms with Gasteiger partial charge in [0.25, 0.3) is 0 Å². The Kier molecular flexibility index (Phi) is 4.43. The van der Waals surface area contributed by atoms with E-state index < -0.39 is 0 Å². The molecule has 0 aromatic carbocycles. The fraction of sp³-hybridized carbons (Fsp3) is 0.647. The van der Waals surface area contributed by atoms with Gasteiger partial charge in [0.1, 0.15) is 6.04 Å². The smallest absolute Gasteiger partial charge is 0.246 e. The van der Waals surface area contributed by atoms with Crippen molar-refractivity contribution < 1.29 is 4.79 Å². The molecule has 0 bridgehead atoms. The maximum absolute atomic E-state index is 12.9. The van der Waals surface area contributed by atoms with Gasteiger partial charge >= 0.3 is 0 Å². The van der Waals surface area contributed by atoms with Crippen LogP contribution in [0.5, 0.6) is 0 Å². The molecule has 1 aliphatic heterocycles. The topological polar surface area (TPSA) is 68.8 Å². The van der Waals surface area contributed by atoms with Crippen LogP contribution in [0.15, 0.2) is 6.20 Å². The summed E-state index contributed by atoms with van der Waals surface area (Å²) in [6, 6.07) is -0.233. The molecular formula is C17H26N6O. The lowest BCUT2D eigenvalue weighted by atomic mass is 10.00. The molecule has 2 aromatic heterocycles. The van der Waals surface area contributed by atoms with E-state index in [1.165, 1.54) is 0 Å². The minimum absolute atomic E-state index is 0.167. The molecule has 0 saturated heterocycles. The number of carbonyl (C=O) groups is 1. The Morgan fingerprint density at radius 1 is 1.25 bits per heavy atom. The molecule has 1 atom stereocenters. The highest BCUT2D eigenvalue weighted by Crippen LogP contribution is 2.33. The Morgan fingerprint density at radius 3 is 2.58 bits per heavy atom. The van der Waals surface area contributed by atoms with E-state index in [1.807, 2.05) is 34.2 Å². The first-order valence-corrected chi connectivity index (χ1v) is 8.73. The summed E-state index contributed by atoms with van der Waals surface area (Å²) >= 11 is 0. The monoisotopic (exact) mass is 330 g/mol. The first-order valence-electron chi connectivity index (χ1n) is 8.73. The van der Waals surface area contributed by atoms with E-state index in [9.17, 15) is 4.79 Å². The molecule has 7 heteroatoms. The van der Waals surface area contributed by atoms with Gasteiger partial charge in [0.2, 0.25) is 5.91 Å². The lowest BCUT2D eigenvalue weighted by molar-refractivity contribution is -0.137. The minimum atomic E-state index is -0.233. The fourth-order valence-corrected chi connectivity index (χ4v) is 3.33. The van der Waals surface area contributed by atoms with E-state index in [2.05, 4.69) is 36.1 Å². The van der Waals surface area contributed by atoms with Crippen molar-refractivity contribution in [3.8, 4) is 11.4 Å². The highest BCUT2D eigenvalue weighted by atomic mass is 16.2. The highest BCUT2D eigenvalue weighted by molar-refractivity contribution is 5.82. The summed E-state index contributed by atoms with van der Waals surface area (Å²) in [6.45, 7) is 12.3. The molecule has 0 radical (unpaired) electrons. The second-order valence-electron chi connectivity index (χ2n) is 6.79. The summed E-state index contributed by atoms with van der Waals surface area (Å²) in [6.07, 6.45) is 2.78. The van der Waals surface area contributed by atoms with Gasteiger partial charge in [0, 0.05) is 19.3 Å². The third kappa shape index (κ3) is 2.72. The number of nitrogens with zero attached hydrogens (tertiary/aromatic N) is 6. The zero-order valence-corrected chi connectivity index (χ0v) is 15.2. The molecule has 0 saturated carbocycles. The van der Waals surface area contributed by atoms with Crippen LogP contribution in [0.3, 0.4) is 0 Å². The van der Waals surface area contributed by atoms with Crippen molar-refractivity contribution in [2.75, 3.05) is 6.54 Å². The van der Waals surface area contributed by atoms with Crippen LogP contribution in [0.4, 0.5) is 0 Å². The van der Waals surface area contributed by atoms with E-state index in [0.29, 0.717) is 19.0 Å². The molecule has 0 N–H and O–H groups in total. The average molecular weight is 330 g/mol. The molecule has 7 nitrogen and oxygen atoms in total. The van der Waals surface area contributed by atoms with Crippen LogP contribution in [0.25, 0.3) is 11.4 Å². The highest BCUT2D eigenvalue weighted by Gasteiger charge is 2.36. The van der Waals surface area contributed by atoms with Gasteiger partial charge in [0.05, 0.1) is 17.8 Å². The molecule has 1 aliphatic rings. The van der Waals surface area contributed by atoms with E-state index in [-0.39, 0.29) is 11.9 Å². The average Bonchev–Trinajstić information content (AvgIpc) is 3.12. The molecule has 1 amide bonds. The van der Waals surface area contributed by atoms with E-state index in [1.54, 1.807) is 0 Å². The first kappa shape index (κ1) is 16.7. The van der Waals surface area contributed by atoms with E-state index >= 15 is 0 Å². The van der Waals surface area contributed by atoms with Gasteiger partial charge in [0.15, 0.2) is 11.6 Å². The molecule has 0 spiro atoms. The number of amides is 1. The van der Waals surface area contributed by atoms with Crippen molar-refractivity contribution in [2.45, 2.75) is 60.2 Å². The summed E-state index contributed by atoms with van der Waals surface area (Å²) in [4.78, 5) is 14.8. The van der Waals surface area contributed by atoms with E-state index in [4.69, 9.17) is 0 Å². The Hall–Kier alpha value is -2.18. The number of hydrogen-bond acceptors (Lipinski definition) is 4. The van der Waals surface area contributed by atoms with Crippen molar-refractivity contribution in [1.29, 1.82) is 0 Å². The minimum Gasteiger partial charge on any atom is -0.334 e. The van der Waals surface area contributed by atoms with Crippen LogP contribution in [-0.2, 0) is 17.9 Å². The molecule has 0 unspecified atom stereocenters. The zero-order chi connectivity index (χ0) is 17.4. The van der Waals surface area contributed by atoms with Gasteiger partial charge in [-0.2, -0.15) is 5.10 Å². The second-order valence-corrected chi connectivity index (χ2v) is 6.79. The second kappa shape index (κ2) is 6.37.